The van der Waals surface area contributed by atoms with Crippen LogP contribution in [0.2, 0.25) is 5.02 Å². The van der Waals surface area contributed by atoms with Gasteiger partial charge in [-0.25, -0.2) is 9.37 Å². The van der Waals surface area contributed by atoms with Crippen LogP contribution in [0.15, 0.2) is 48.7 Å². The van der Waals surface area contributed by atoms with Crippen LogP contribution in [-0.4, -0.2) is 22.6 Å². The molecule has 1 aromatic heterocycles. The van der Waals surface area contributed by atoms with Gasteiger partial charge in [0.05, 0.1) is 24.9 Å². The highest BCUT2D eigenvalue weighted by Crippen LogP contribution is 2.39. The van der Waals surface area contributed by atoms with Gasteiger partial charge in [-0.05, 0) is 42.5 Å². The van der Waals surface area contributed by atoms with E-state index in [0.717, 1.165) is 11.3 Å². The molecule has 1 aliphatic rings. The van der Waals surface area contributed by atoms with E-state index < -0.39 is 12.1 Å². The fourth-order valence-corrected chi connectivity index (χ4v) is 3.09. The van der Waals surface area contributed by atoms with Gasteiger partial charge in [-0.3, -0.25) is 9.36 Å². The molecule has 0 amide bonds. The summed E-state index contributed by atoms with van der Waals surface area (Å²) in [5, 5.41) is 0.557. The van der Waals surface area contributed by atoms with E-state index in [2.05, 4.69) is 4.98 Å². The number of rotatable bonds is 3. The third-order valence-corrected chi connectivity index (χ3v) is 4.43. The monoisotopic (exact) mass is 372 g/mol. The molecule has 5 nitrogen and oxygen atoms in total. The summed E-state index contributed by atoms with van der Waals surface area (Å²) in [5.41, 5.74) is 2.13. The highest BCUT2D eigenvalue weighted by Gasteiger charge is 2.31. The average molecular weight is 373 g/mol. The van der Waals surface area contributed by atoms with Crippen LogP contribution in [0.4, 0.5) is 4.39 Å². The number of hydrogen-bond donors (Lipinski definition) is 0. The summed E-state index contributed by atoms with van der Waals surface area (Å²) in [6, 6.07) is 11.3. The molecule has 3 aromatic rings. The minimum atomic E-state index is -0.592. The van der Waals surface area contributed by atoms with Gasteiger partial charge in [0.15, 0.2) is 11.9 Å². The first kappa shape index (κ1) is 16.6. The third kappa shape index (κ3) is 2.93. The van der Waals surface area contributed by atoms with Crippen LogP contribution in [-0.2, 0) is 9.53 Å². The second-order valence-corrected chi connectivity index (χ2v) is 6.30. The lowest BCUT2D eigenvalue weighted by molar-refractivity contribution is -0.142. The molecule has 1 aliphatic heterocycles. The van der Waals surface area contributed by atoms with Crippen molar-refractivity contribution in [2.45, 2.75) is 12.5 Å². The van der Waals surface area contributed by atoms with Gasteiger partial charge in [-0.15, -0.1) is 0 Å². The van der Waals surface area contributed by atoms with Crippen LogP contribution in [0, 0.1) is 5.82 Å². The lowest BCUT2D eigenvalue weighted by Crippen LogP contribution is -2.22. The maximum atomic E-state index is 13.2. The number of nitrogens with zero attached hydrogens (tertiary/aromatic N) is 2. The van der Waals surface area contributed by atoms with Crippen LogP contribution in [0.1, 0.15) is 18.3 Å². The van der Waals surface area contributed by atoms with Crippen molar-refractivity contribution in [1.82, 2.24) is 9.55 Å². The summed E-state index contributed by atoms with van der Waals surface area (Å²) in [4.78, 5) is 16.4. The van der Waals surface area contributed by atoms with Gasteiger partial charge in [0.25, 0.3) is 0 Å². The van der Waals surface area contributed by atoms with E-state index in [1.165, 1.54) is 19.2 Å². The van der Waals surface area contributed by atoms with Crippen LogP contribution in [0.25, 0.3) is 16.9 Å². The van der Waals surface area contributed by atoms with Gasteiger partial charge in [0.1, 0.15) is 11.6 Å². The Bertz CT molecular complexity index is 985. The first-order chi connectivity index (χ1) is 12.5. The van der Waals surface area contributed by atoms with E-state index in [1.54, 1.807) is 30.3 Å². The quantitative estimate of drug-likeness (QED) is 0.642. The molecule has 0 saturated heterocycles. The lowest BCUT2D eigenvalue weighted by atomic mass is 10.1. The third-order valence-electron chi connectivity index (χ3n) is 4.19. The van der Waals surface area contributed by atoms with Crippen LogP contribution < -0.4 is 4.74 Å². The molecular weight excluding hydrogens is 359 g/mol. The van der Waals surface area contributed by atoms with Crippen molar-refractivity contribution in [1.29, 1.82) is 0 Å². The first-order valence-corrected chi connectivity index (χ1v) is 8.31. The predicted molar refractivity (Wildman–Crippen MR) is 94.0 cm³/mol. The Morgan fingerprint density at radius 3 is 2.81 bits per heavy atom. The number of benzene rings is 2. The van der Waals surface area contributed by atoms with Gasteiger partial charge in [-0.1, -0.05) is 11.6 Å². The molecule has 1 atom stereocenters. The van der Waals surface area contributed by atoms with E-state index in [-0.39, 0.29) is 12.2 Å². The zero-order chi connectivity index (χ0) is 18.3. The Morgan fingerprint density at radius 1 is 1.31 bits per heavy atom. The zero-order valence-corrected chi connectivity index (χ0v) is 14.5. The summed E-state index contributed by atoms with van der Waals surface area (Å²) in [6.45, 7) is 0. The zero-order valence-electron chi connectivity index (χ0n) is 13.8. The van der Waals surface area contributed by atoms with Gasteiger partial charge >= 0.3 is 5.97 Å². The van der Waals surface area contributed by atoms with Gasteiger partial charge in [0, 0.05) is 16.8 Å². The summed E-state index contributed by atoms with van der Waals surface area (Å²) < 4.78 is 25.8. The Hall–Kier alpha value is -2.86. The van der Waals surface area contributed by atoms with Crippen LogP contribution in [0.3, 0.4) is 0 Å². The molecule has 0 bridgehead atoms. The molecule has 1 unspecified atom stereocenters. The largest absolute Gasteiger partial charge is 0.480 e. The topological polar surface area (TPSA) is 53.4 Å². The summed E-state index contributed by atoms with van der Waals surface area (Å²) >= 11 is 6.12. The van der Waals surface area contributed by atoms with Gasteiger partial charge < -0.3 is 9.47 Å². The summed E-state index contributed by atoms with van der Waals surface area (Å²) in [6.07, 6.45) is 1.26. The number of carbonyl (C=O) groups excluding carboxylic acids is 1. The SMILES string of the molecule is COC(=O)CC1Oc2ccc(Cl)cc2-n2cc(-c3ccc(F)cc3)nc21. The Kier molecular flexibility index (Phi) is 4.12. The predicted octanol–water partition coefficient (Wildman–Crippen LogP) is 4.33. The smallest absolute Gasteiger partial charge is 0.309 e. The van der Waals surface area contributed by atoms with Crippen molar-refractivity contribution in [3.05, 3.63) is 65.3 Å². The Labute approximate surface area is 153 Å². The molecule has 0 fully saturated rings. The summed E-state index contributed by atoms with van der Waals surface area (Å²) in [5.74, 6) is 0.440. The molecule has 4 rings (SSSR count). The number of imidazole rings is 1. The molecule has 0 radical (unpaired) electrons. The molecule has 2 heterocycles. The molecule has 0 N–H and O–H groups in total. The lowest BCUT2D eigenvalue weighted by Gasteiger charge is -2.26. The Balaban J connectivity index is 1.83. The van der Waals surface area contributed by atoms with Gasteiger partial charge in [0.2, 0.25) is 0 Å². The summed E-state index contributed by atoms with van der Waals surface area (Å²) in [7, 11) is 1.33. The fraction of sp³-hybridized carbons (Fsp3) is 0.158. The van der Waals surface area contributed by atoms with Gasteiger partial charge in [-0.2, -0.15) is 0 Å². The number of carbonyl (C=O) groups is 1. The van der Waals surface area contributed by atoms with E-state index in [9.17, 15) is 9.18 Å². The standard InChI is InChI=1S/C19H14ClFN2O3/c1-25-18(24)9-17-19-22-14(11-2-5-13(21)6-3-11)10-23(19)15-8-12(20)4-7-16(15)26-17/h2-8,10,17H,9H2,1H3. The van der Waals surface area contributed by atoms with E-state index in [0.29, 0.717) is 22.3 Å². The first-order valence-electron chi connectivity index (χ1n) is 7.94. The molecule has 7 heteroatoms. The highest BCUT2D eigenvalue weighted by molar-refractivity contribution is 6.30. The normalized spacial score (nSPS) is 15.0. The maximum Gasteiger partial charge on any atom is 0.309 e. The van der Waals surface area contributed by atoms with Crippen LogP contribution in [0.5, 0.6) is 5.75 Å². The minimum Gasteiger partial charge on any atom is -0.480 e. The molecule has 26 heavy (non-hydrogen) atoms. The van der Waals surface area contributed by atoms with Crippen molar-refractivity contribution in [2.75, 3.05) is 7.11 Å². The average Bonchev–Trinajstić information content (AvgIpc) is 3.08. The molecular formula is C19H14ClFN2O3. The molecule has 0 aliphatic carbocycles. The van der Waals surface area contributed by atoms with Crippen molar-refractivity contribution in [3.63, 3.8) is 0 Å². The van der Waals surface area contributed by atoms with Crippen molar-refractivity contribution >= 4 is 17.6 Å². The second kappa shape index (κ2) is 6.46. The number of halogens is 2. The highest BCUT2D eigenvalue weighted by atomic mass is 35.5. The maximum absolute atomic E-state index is 13.2. The number of hydrogen-bond acceptors (Lipinski definition) is 4. The molecule has 0 spiro atoms. The van der Waals surface area contributed by atoms with Crippen molar-refractivity contribution in [2.24, 2.45) is 0 Å². The van der Waals surface area contributed by atoms with Crippen LogP contribution >= 0.6 is 11.6 Å². The molecule has 2 aromatic carbocycles. The second-order valence-electron chi connectivity index (χ2n) is 5.86. The van der Waals surface area contributed by atoms with E-state index in [1.807, 2.05) is 10.8 Å². The molecule has 0 saturated carbocycles. The Morgan fingerprint density at radius 2 is 2.08 bits per heavy atom. The minimum absolute atomic E-state index is 0.0262. The number of ether oxygens (including phenoxy) is 2. The number of aromatic nitrogens is 2. The number of methoxy groups -OCH3 is 1. The van der Waals surface area contributed by atoms with E-state index >= 15 is 0 Å². The van der Waals surface area contributed by atoms with E-state index in [4.69, 9.17) is 21.1 Å². The molecule has 132 valence electrons. The number of esters is 1. The van der Waals surface area contributed by atoms with Crippen molar-refractivity contribution < 1.29 is 18.7 Å². The number of fused-ring (bicyclic) bond motifs is 3. The van der Waals surface area contributed by atoms with Crippen molar-refractivity contribution in [3.8, 4) is 22.7 Å². The fourth-order valence-electron chi connectivity index (χ4n) is 2.93.